The van der Waals surface area contributed by atoms with Gasteiger partial charge in [0.25, 0.3) is 5.91 Å². The summed E-state index contributed by atoms with van der Waals surface area (Å²) in [5, 5.41) is 2.67. The average molecular weight is 406 g/mol. The van der Waals surface area contributed by atoms with Gasteiger partial charge in [0.1, 0.15) is 12.4 Å². The van der Waals surface area contributed by atoms with Crippen molar-refractivity contribution in [2.45, 2.75) is 18.4 Å². The molecule has 0 heterocycles. The van der Waals surface area contributed by atoms with Crippen molar-refractivity contribution in [1.29, 1.82) is 0 Å². The highest BCUT2D eigenvalue weighted by Gasteiger charge is 2.20. The second-order valence-electron chi connectivity index (χ2n) is 6.08. The molecule has 8 nitrogen and oxygen atoms in total. The molecule has 0 aliphatic heterocycles. The van der Waals surface area contributed by atoms with E-state index in [-0.39, 0.29) is 23.2 Å². The van der Waals surface area contributed by atoms with Crippen molar-refractivity contribution < 1.29 is 27.5 Å². The summed E-state index contributed by atoms with van der Waals surface area (Å²) in [6, 6.07) is 10.7. The number of carbonyl (C=O) groups is 2. The van der Waals surface area contributed by atoms with Gasteiger partial charge in [0.05, 0.1) is 17.7 Å². The first-order valence-electron chi connectivity index (χ1n) is 8.29. The summed E-state index contributed by atoms with van der Waals surface area (Å²) in [6.07, 6.45) is 0. The lowest BCUT2D eigenvalue weighted by atomic mass is 10.1. The zero-order valence-electron chi connectivity index (χ0n) is 16.1. The Morgan fingerprint density at radius 1 is 1.07 bits per heavy atom. The van der Waals surface area contributed by atoms with Crippen molar-refractivity contribution in [2.24, 2.45) is 0 Å². The fourth-order valence-corrected chi connectivity index (χ4v) is 3.22. The topological polar surface area (TPSA) is 102 Å². The number of benzene rings is 2. The predicted molar refractivity (Wildman–Crippen MR) is 104 cm³/mol. The number of carbonyl (C=O) groups excluding carboxylic acids is 2. The molecule has 9 heteroatoms. The lowest BCUT2D eigenvalue weighted by Gasteiger charge is -2.15. The number of ether oxygens (including phenoxy) is 2. The molecule has 0 aliphatic rings. The van der Waals surface area contributed by atoms with E-state index in [1.54, 1.807) is 24.3 Å². The van der Waals surface area contributed by atoms with Crippen LogP contribution in [-0.2, 0) is 26.2 Å². The van der Waals surface area contributed by atoms with E-state index in [0.717, 1.165) is 9.87 Å². The molecule has 0 radical (unpaired) electrons. The second-order valence-corrected chi connectivity index (χ2v) is 8.23. The van der Waals surface area contributed by atoms with Crippen molar-refractivity contribution in [3.63, 3.8) is 0 Å². The van der Waals surface area contributed by atoms with Crippen LogP contribution in [0.5, 0.6) is 5.75 Å². The molecular formula is C19H22N2O6S. The summed E-state index contributed by atoms with van der Waals surface area (Å²) in [4.78, 5) is 23.4. The number of hydrogen-bond donors (Lipinski definition) is 1. The molecule has 2 aromatic rings. The number of sulfonamides is 1. The number of rotatable bonds is 7. The van der Waals surface area contributed by atoms with Crippen molar-refractivity contribution >= 4 is 27.6 Å². The number of nitrogens with one attached hydrogen (secondary N) is 1. The Kier molecular flexibility index (Phi) is 6.76. The van der Waals surface area contributed by atoms with Gasteiger partial charge in [0.2, 0.25) is 10.0 Å². The van der Waals surface area contributed by atoms with E-state index >= 15 is 0 Å². The number of esters is 1. The quantitative estimate of drug-likeness (QED) is 0.708. The third kappa shape index (κ3) is 5.08. The van der Waals surface area contributed by atoms with Gasteiger partial charge in [-0.05, 0) is 35.9 Å². The first-order chi connectivity index (χ1) is 13.1. The Morgan fingerprint density at radius 3 is 2.25 bits per heavy atom. The van der Waals surface area contributed by atoms with E-state index < -0.39 is 15.9 Å². The highest BCUT2D eigenvalue weighted by atomic mass is 32.2. The molecule has 28 heavy (non-hydrogen) atoms. The van der Waals surface area contributed by atoms with Crippen LogP contribution in [0.25, 0.3) is 0 Å². The van der Waals surface area contributed by atoms with E-state index in [9.17, 15) is 18.0 Å². The van der Waals surface area contributed by atoms with Gasteiger partial charge in [-0.2, -0.15) is 0 Å². The molecule has 1 N–H and O–H groups in total. The van der Waals surface area contributed by atoms with Crippen molar-refractivity contribution in [1.82, 2.24) is 4.31 Å². The van der Waals surface area contributed by atoms with Gasteiger partial charge >= 0.3 is 5.97 Å². The Labute approximate surface area is 164 Å². The van der Waals surface area contributed by atoms with Gasteiger partial charge in [-0.3, -0.25) is 9.59 Å². The Morgan fingerprint density at radius 2 is 1.71 bits per heavy atom. The van der Waals surface area contributed by atoms with Crippen LogP contribution >= 0.6 is 0 Å². The molecule has 0 fully saturated rings. The molecule has 0 aliphatic carbocycles. The zero-order chi connectivity index (χ0) is 20.9. The third-order valence-corrected chi connectivity index (χ3v) is 5.67. The molecule has 0 unspecified atom stereocenters. The molecule has 150 valence electrons. The van der Waals surface area contributed by atoms with Crippen LogP contribution in [0.1, 0.15) is 22.8 Å². The van der Waals surface area contributed by atoms with Crippen LogP contribution < -0.4 is 10.1 Å². The lowest BCUT2D eigenvalue weighted by Crippen LogP contribution is -2.22. The largest absolute Gasteiger partial charge is 0.495 e. The fourth-order valence-electron chi connectivity index (χ4n) is 2.29. The van der Waals surface area contributed by atoms with Crippen LogP contribution in [0, 0.1) is 0 Å². The first-order valence-corrected chi connectivity index (χ1v) is 9.73. The minimum atomic E-state index is -3.66. The molecule has 1 amide bonds. The number of anilines is 1. The molecule has 0 atom stereocenters. The van der Waals surface area contributed by atoms with Crippen molar-refractivity contribution in [2.75, 3.05) is 26.5 Å². The number of amides is 1. The minimum Gasteiger partial charge on any atom is -0.495 e. The van der Waals surface area contributed by atoms with Gasteiger partial charge in [0, 0.05) is 26.6 Å². The fraction of sp³-hybridized carbons (Fsp3) is 0.263. The average Bonchev–Trinajstić information content (AvgIpc) is 2.66. The molecule has 0 saturated carbocycles. The molecule has 0 spiro atoms. The molecule has 2 rings (SSSR count). The molecule has 0 saturated heterocycles. The SMILES string of the molecule is COc1ccc(S(=O)(=O)N(C)C)cc1NC(=O)c1ccc(COC(C)=O)cc1. The summed E-state index contributed by atoms with van der Waals surface area (Å²) < 4.78 is 35.8. The second kappa shape index (κ2) is 8.85. The number of methoxy groups -OCH3 is 1. The van der Waals surface area contributed by atoms with Crippen LogP contribution in [0.4, 0.5) is 5.69 Å². The Balaban J connectivity index is 2.24. The normalized spacial score (nSPS) is 11.2. The summed E-state index contributed by atoms with van der Waals surface area (Å²) in [6.45, 7) is 1.44. The molecule has 0 bridgehead atoms. The van der Waals surface area contributed by atoms with Gasteiger partial charge in [0.15, 0.2) is 0 Å². The van der Waals surface area contributed by atoms with Crippen LogP contribution in [0.2, 0.25) is 0 Å². The van der Waals surface area contributed by atoms with E-state index in [2.05, 4.69) is 5.32 Å². The number of hydrogen-bond acceptors (Lipinski definition) is 6. The molecule has 0 aromatic heterocycles. The standard InChI is InChI=1S/C19H22N2O6S/c1-13(22)27-12-14-5-7-15(8-6-14)19(23)20-17-11-16(9-10-18(17)26-4)28(24,25)21(2)3/h5-11H,12H2,1-4H3,(H,20,23). The van der Waals surface area contributed by atoms with Gasteiger partial charge < -0.3 is 14.8 Å². The van der Waals surface area contributed by atoms with Gasteiger partial charge in [-0.15, -0.1) is 0 Å². The molecular weight excluding hydrogens is 384 g/mol. The van der Waals surface area contributed by atoms with E-state index in [4.69, 9.17) is 9.47 Å². The van der Waals surface area contributed by atoms with Crippen LogP contribution in [0.3, 0.4) is 0 Å². The third-order valence-electron chi connectivity index (χ3n) is 3.86. The monoisotopic (exact) mass is 406 g/mol. The lowest BCUT2D eigenvalue weighted by molar-refractivity contribution is -0.142. The summed E-state index contributed by atoms with van der Waals surface area (Å²) in [5.74, 6) is -0.490. The van der Waals surface area contributed by atoms with E-state index in [0.29, 0.717) is 11.3 Å². The summed E-state index contributed by atoms with van der Waals surface area (Å²) in [7, 11) is 0.618. The van der Waals surface area contributed by atoms with Crippen molar-refractivity contribution in [3.8, 4) is 5.75 Å². The van der Waals surface area contributed by atoms with Gasteiger partial charge in [-0.25, -0.2) is 12.7 Å². The summed E-state index contributed by atoms with van der Waals surface area (Å²) >= 11 is 0. The summed E-state index contributed by atoms with van der Waals surface area (Å²) in [5.41, 5.74) is 1.33. The molecule has 2 aromatic carbocycles. The van der Waals surface area contributed by atoms with E-state index in [1.165, 1.54) is 46.3 Å². The predicted octanol–water partition coefficient (Wildman–Crippen LogP) is 2.26. The van der Waals surface area contributed by atoms with Gasteiger partial charge in [-0.1, -0.05) is 12.1 Å². The zero-order valence-corrected chi connectivity index (χ0v) is 16.9. The van der Waals surface area contributed by atoms with Crippen molar-refractivity contribution in [3.05, 3.63) is 53.6 Å². The maximum atomic E-state index is 12.5. The highest BCUT2D eigenvalue weighted by Crippen LogP contribution is 2.29. The Hall–Kier alpha value is -2.91. The highest BCUT2D eigenvalue weighted by molar-refractivity contribution is 7.89. The smallest absolute Gasteiger partial charge is 0.302 e. The number of nitrogens with zero attached hydrogens (tertiary/aromatic N) is 1. The minimum absolute atomic E-state index is 0.0327. The van der Waals surface area contributed by atoms with Crippen LogP contribution in [0.15, 0.2) is 47.4 Å². The maximum Gasteiger partial charge on any atom is 0.302 e. The first kappa shape index (κ1) is 21.4. The van der Waals surface area contributed by atoms with Crippen LogP contribution in [-0.4, -0.2) is 45.8 Å². The van der Waals surface area contributed by atoms with E-state index in [1.807, 2.05) is 0 Å². The Bertz CT molecular complexity index is 968. The maximum absolute atomic E-state index is 12.5.